The molecule has 0 saturated carbocycles. The molecule has 0 aromatic heterocycles. The Kier molecular flexibility index (Phi) is 4.78. The average Bonchev–Trinajstić information content (AvgIpc) is 2.38. The fourth-order valence-electron chi connectivity index (χ4n) is 1.93. The summed E-state index contributed by atoms with van der Waals surface area (Å²) in [5, 5.41) is 3.56. The maximum atomic E-state index is 3.56. The van der Waals surface area contributed by atoms with Gasteiger partial charge >= 0.3 is 0 Å². The average molecular weight is 351 g/mol. The molecule has 0 heterocycles. The van der Waals surface area contributed by atoms with E-state index in [1.54, 1.807) is 0 Å². The number of aryl methyl sites for hydroxylation is 1. The Labute approximate surface area is 123 Å². The number of hydrogen-bond acceptors (Lipinski definition) is 1. The summed E-state index contributed by atoms with van der Waals surface area (Å²) in [6, 6.07) is 17.7. The smallest absolute Gasteiger partial charge is 0.0295 e. The first-order valence-electron chi connectivity index (χ1n) is 6.19. The number of benzene rings is 2. The summed E-state index contributed by atoms with van der Waals surface area (Å²) in [5.41, 5.74) is 3.99. The van der Waals surface area contributed by atoms with E-state index >= 15 is 0 Å². The summed E-state index contributed by atoms with van der Waals surface area (Å²) in [5.74, 6) is 0. The normalized spacial score (nSPS) is 12.4. The van der Waals surface area contributed by atoms with Gasteiger partial charge in [0.15, 0.2) is 0 Å². The summed E-state index contributed by atoms with van der Waals surface area (Å²) < 4.78 is 1.28. The third-order valence-electron chi connectivity index (χ3n) is 3.07. The van der Waals surface area contributed by atoms with Crippen LogP contribution < -0.4 is 5.32 Å². The van der Waals surface area contributed by atoms with Crippen LogP contribution in [0.25, 0.3) is 0 Å². The van der Waals surface area contributed by atoms with Crippen LogP contribution in [0.15, 0.2) is 48.5 Å². The van der Waals surface area contributed by atoms with Crippen LogP contribution in [0, 0.1) is 10.5 Å². The van der Waals surface area contributed by atoms with Gasteiger partial charge in [0, 0.05) is 16.2 Å². The molecule has 0 aliphatic heterocycles. The van der Waals surface area contributed by atoms with Gasteiger partial charge in [0.25, 0.3) is 0 Å². The summed E-state index contributed by atoms with van der Waals surface area (Å²) in [6.07, 6.45) is 0. The Bertz CT molecular complexity index is 505. The Hall–Kier alpha value is -0.870. The highest BCUT2D eigenvalue weighted by atomic mass is 127. The van der Waals surface area contributed by atoms with Crippen molar-refractivity contribution >= 4 is 22.6 Å². The molecular weight excluding hydrogens is 333 g/mol. The first-order valence-corrected chi connectivity index (χ1v) is 7.27. The van der Waals surface area contributed by atoms with Crippen molar-refractivity contribution in [1.29, 1.82) is 0 Å². The molecule has 0 saturated heterocycles. The molecule has 0 radical (unpaired) electrons. The second-order valence-corrected chi connectivity index (χ2v) is 5.89. The predicted molar refractivity (Wildman–Crippen MR) is 85.6 cm³/mol. The van der Waals surface area contributed by atoms with Gasteiger partial charge < -0.3 is 5.32 Å². The minimum atomic E-state index is 0.379. The van der Waals surface area contributed by atoms with Gasteiger partial charge in [-0.05, 0) is 59.7 Å². The van der Waals surface area contributed by atoms with Gasteiger partial charge in [0.2, 0.25) is 0 Å². The molecule has 0 bridgehead atoms. The summed E-state index contributed by atoms with van der Waals surface area (Å²) in [6.45, 7) is 5.25. The van der Waals surface area contributed by atoms with Crippen LogP contribution in [0.5, 0.6) is 0 Å². The fourth-order valence-corrected chi connectivity index (χ4v) is 2.29. The summed E-state index contributed by atoms with van der Waals surface area (Å²) in [4.78, 5) is 0. The minimum Gasteiger partial charge on any atom is -0.306 e. The molecule has 2 heteroatoms. The zero-order chi connectivity index (χ0) is 13.0. The largest absolute Gasteiger partial charge is 0.306 e. The number of rotatable bonds is 4. The molecular formula is C16H18IN. The van der Waals surface area contributed by atoms with Crippen molar-refractivity contribution in [3.8, 4) is 0 Å². The Balaban J connectivity index is 1.96. The number of halogens is 1. The predicted octanol–water partition coefficient (Wildman–Crippen LogP) is 4.45. The molecule has 0 spiro atoms. The first-order chi connectivity index (χ1) is 8.65. The zero-order valence-corrected chi connectivity index (χ0v) is 12.9. The quantitative estimate of drug-likeness (QED) is 0.803. The Morgan fingerprint density at radius 3 is 2.50 bits per heavy atom. The summed E-state index contributed by atoms with van der Waals surface area (Å²) in [7, 11) is 0. The second-order valence-electron chi connectivity index (χ2n) is 4.64. The molecule has 2 rings (SSSR count). The standard InChI is InChI=1S/C16H18IN/c1-12-4-3-5-15(10-12)13(2)18-11-14-6-8-16(17)9-7-14/h3-10,13,18H,11H2,1-2H3/t13-/m0/s1. The van der Waals surface area contributed by atoms with Crippen molar-refractivity contribution < 1.29 is 0 Å². The van der Waals surface area contributed by atoms with Gasteiger partial charge in [0.1, 0.15) is 0 Å². The van der Waals surface area contributed by atoms with Crippen molar-refractivity contribution in [3.63, 3.8) is 0 Å². The molecule has 1 N–H and O–H groups in total. The van der Waals surface area contributed by atoms with Crippen LogP contribution in [0.2, 0.25) is 0 Å². The van der Waals surface area contributed by atoms with Crippen LogP contribution >= 0.6 is 22.6 Å². The van der Waals surface area contributed by atoms with Crippen molar-refractivity contribution in [2.24, 2.45) is 0 Å². The molecule has 0 aliphatic carbocycles. The van der Waals surface area contributed by atoms with Gasteiger partial charge in [-0.15, -0.1) is 0 Å². The van der Waals surface area contributed by atoms with Crippen molar-refractivity contribution in [1.82, 2.24) is 5.32 Å². The van der Waals surface area contributed by atoms with Crippen LogP contribution in [-0.2, 0) is 6.54 Å². The van der Waals surface area contributed by atoms with Crippen molar-refractivity contribution in [2.75, 3.05) is 0 Å². The van der Waals surface area contributed by atoms with Gasteiger partial charge in [0.05, 0.1) is 0 Å². The Morgan fingerprint density at radius 2 is 1.83 bits per heavy atom. The van der Waals surface area contributed by atoms with E-state index in [4.69, 9.17) is 0 Å². The van der Waals surface area contributed by atoms with Crippen molar-refractivity contribution in [2.45, 2.75) is 26.4 Å². The van der Waals surface area contributed by atoms with E-state index in [1.165, 1.54) is 20.3 Å². The minimum absolute atomic E-state index is 0.379. The van der Waals surface area contributed by atoms with Crippen LogP contribution in [0.1, 0.15) is 29.7 Å². The van der Waals surface area contributed by atoms with E-state index in [1.807, 2.05) is 0 Å². The molecule has 0 aliphatic rings. The van der Waals surface area contributed by atoms with Crippen LogP contribution in [0.3, 0.4) is 0 Å². The molecule has 1 atom stereocenters. The second kappa shape index (κ2) is 6.34. The molecule has 0 fully saturated rings. The maximum Gasteiger partial charge on any atom is 0.0295 e. The highest BCUT2D eigenvalue weighted by molar-refractivity contribution is 14.1. The lowest BCUT2D eigenvalue weighted by atomic mass is 10.1. The monoisotopic (exact) mass is 351 g/mol. The van der Waals surface area contributed by atoms with E-state index in [0.29, 0.717) is 6.04 Å². The number of hydrogen-bond donors (Lipinski definition) is 1. The molecule has 2 aromatic rings. The third kappa shape index (κ3) is 3.82. The zero-order valence-electron chi connectivity index (χ0n) is 10.8. The summed E-state index contributed by atoms with van der Waals surface area (Å²) >= 11 is 2.33. The molecule has 2 aromatic carbocycles. The van der Waals surface area contributed by atoms with Crippen LogP contribution in [0.4, 0.5) is 0 Å². The lowest BCUT2D eigenvalue weighted by Gasteiger charge is -2.15. The molecule has 0 unspecified atom stereocenters. The molecule has 18 heavy (non-hydrogen) atoms. The topological polar surface area (TPSA) is 12.0 Å². The van der Waals surface area contributed by atoms with Gasteiger partial charge in [-0.2, -0.15) is 0 Å². The first kappa shape index (κ1) is 13.6. The third-order valence-corrected chi connectivity index (χ3v) is 3.79. The van der Waals surface area contributed by atoms with Gasteiger partial charge in [-0.3, -0.25) is 0 Å². The Morgan fingerprint density at radius 1 is 1.11 bits per heavy atom. The maximum absolute atomic E-state index is 3.56. The fraction of sp³-hybridized carbons (Fsp3) is 0.250. The van der Waals surface area contributed by atoms with E-state index < -0.39 is 0 Å². The van der Waals surface area contributed by atoms with E-state index in [-0.39, 0.29) is 0 Å². The SMILES string of the molecule is Cc1cccc([C@H](C)NCc2ccc(I)cc2)c1. The molecule has 1 nitrogen and oxygen atoms in total. The number of nitrogens with one attached hydrogen (secondary N) is 1. The molecule has 0 amide bonds. The molecule has 94 valence electrons. The van der Waals surface area contributed by atoms with E-state index in [0.717, 1.165) is 6.54 Å². The van der Waals surface area contributed by atoms with Crippen molar-refractivity contribution in [3.05, 3.63) is 68.8 Å². The van der Waals surface area contributed by atoms with E-state index in [9.17, 15) is 0 Å². The lowest BCUT2D eigenvalue weighted by Crippen LogP contribution is -2.18. The highest BCUT2D eigenvalue weighted by Gasteiger charge is 2.04. The van der Waals surface area contributed by atoms with Gasteiger partial charge in [-0.25, -0.2) is 0 Å². The van der Waals surface area contributed by atoms with Gasteiger partial charge in [-0.1, -0.05) is 42.0 Å². The van der Waals surface area contributed by atoms with E-state index in [2.05, 4.69) is 90.3 Å². The highest BCUT2D eigenvalue weighted by Crippen LogP contribution is 2.15. The van der Waals surface area contributed by atoms with Crippen LogP contribution in [-0.4, -0.2) is 0 Å². The lowest BCUT2D eigenvalue weighted by molar-refractivity contribution is 0.574.